The molecule has 30 heavy (non-hydrogen) atoms. The van der Waals surface area contributed by atoms with Gasteiger partial charge in [-0.15, -0.1) is 0 Å². The maximum Gasteiger partial charge on any atom is 0.274 e. The van der Waals surface area contributed by atoms with Gasteiger partial charge in [0, 0.05) is 36.8 Å². The van der Waals surface area contributed by atoms with Crippen molar-refractivity contribution in [2.75, 3.05) is 0 Å². The van der Waals surface area contributed by atoms with Crippen molar-refractivity contribution in [3.63, 3.8) is 0 Å². The molecule has 2 amide bonds. The van der Waals surface area contributed by atoms with E-state index in [9.17, 15) is 9.59 Å². The molecule has 3 fully saturated rings. The van der Waals surface area contributed by atoms with Crippen LogP contribution in [0.25, 0.3) is 0 Å². The maximum atomic E-state index is 13.6. The van der Waals surface area contributed by atoms with Crippen LogP contribution in [0.3, 0.4) is 0 Å². The number of hydrogen-bond acceptors (Lipinski definition) is 4. The molecular formula is C24H28N4O2. The van der Waals surface area contributed by atoms with Gasteiger partial charge in [-0.3, -0.25) is 14.6 Å². The number of amides is 2. The van der Waals surface area contributed by atoms with Crippen molar-refractivity contribution in [2.45, 2.75) is 70.1 Å². The van der Waals surface area contributed by atoms with Gasteiger partial charge in [-0.1, -0.05) is 37.3 Å². The van der Waals surface area contributed by atoms with Crippen molar-refractivity contribution in [3.05, 3.63) is 60.2 Å². The fourth-order valence-corrected chi connectivity index (χ4v) is 6.47. The molecule has 0 radical (unpaired) electrons. The number of hydrogen-bond donors (Lipinski definition) is 0. The molecule has 0 spiro atoms. The minimum atomic E-state index is -0.0698. The van der Waals surface area contributed by atoms with Crippen molar-refractivity contribution in [3.8, 4) is 0 Å². The van der Waals surface area contributed by atoms with Crippen LogP contribution in [0.4, 0.5) is 0 Å². The van der Waals surface area contributed by atoms with Crippen LogP contribution < -0.4 is 0 Å². The van der Waals surface area contributed by atoms with Crippen molar-refractivity contribution in [1.29, 1.82) is 0 Å². The minimum absolute atomic E-state index is 0.00652. The Morgan fingerprint density at radius 1 is 1.10 bits per heavy atom. The molecule has 156 valence electrons. The number of fused-ring (bicyclic) bond motifs is 1. The molecule has 2 bridgehead atoms. The van der Waals surface area contributed by atoms with Gasteiger partial charge in [-0.05, 0) is 37.7 Å². The molecule has 6 heteroatoms. The van der Waals surface area contributed by atoms with Crippen LogP contribution >= 0.6 is 0 Å². The zero-order chi connectivity index (χ0) is 20.9. The van der Waals surface area contributed by atoms with E-state index in [1.165, 1.54) is 5.56 Å². The van der Waals surface area contributed by atoms with Crippen LogP contribution in [0.1, 0.15) is 55.6 Å². The van der Waals surface area contributed by atoms with E-state index in [1.54, 1.807) is 25.5 Å². The van der Waals surface area contributed by atoms with Gasteiger partial charge in [0.2, 0.25) is 5.91 Å². The summed E-state index contributed by atoms with van der Waals surface area (Å²) >= 11 is 0. The van der Waals surface area contributed by atoms with Crippen molar-refractivity contribution < 1.29 is 9.59 Å². The van der Waals surface area contributed by atoms with E-state index in [0.29, 0.717) is 5.69 Å². The van der Waals surface area contributed by atoms with E-state index in [2.05, 4.69) is 38.8 Å². The van der Waals surface area contributed by atoms with Crippen molar-refractivity contribution in [2.24, 2.45) is 5.41 Å². The number of carbonyl (C=O) groups excluding carboxylic acids is 2. The Labute approximate surface area is 177 Å². The number of rotatable bonds is 3. The molecule has 1 saturated carbocycles. The Balaban J connectivity index is 1.59. The van der Waals surface area contributed by atoms with E-state index < -0.39 is 0 Å². The number of carbonyl (C=O) groups is 2. The fraction of sp³-hybridized carbons (Fsp3) is 0.500. The van der Waals surface area contributed by atoms with Gasteiger partial charge in [0.25, 0.3) is 5.91 Å². The van der Waals surface area contributed by atoms with Gasteiger partial charge < -0.3 is 9.80 Å². The first-order valence-electron chi connectivity index (χ1n) is 10.9. The van der Waals surface area contributed by atoms with Crippen LogP contribution in [0, 0.1) is 5.41 Å². The fourth-order valence-electron chi connectivity index (χ4n) is 6.47. The monoisotopic (exact) mass is 404 g/mol. The zero-order valence-electron chi connectivity index (χ0n) is 17.6. The third-order valence-electron chi connectivity index (χ3n) is 7.62. The predicted octanol–water partition coefficient (Wildman–Crippen LogP) is 3.09. The summed E-state index contributed by atoms with van der Waals surface area (Å²) in [7, 11) is 0. The highest BCUT2D eigenvalue weighted by atomic mass is 16.2. The van der Waals surface area contributed by atoms with Gasteiger partial charge in [-0.25, -0.2) is 4.98 Å². The minimum Gasteiger partial charge on any atom is -0.334 e. The molecule has 2 aromatic rings. The highest BCUT2D eigenvalue weighted by Gasteiger charge is 2.64. The van der Waals surface area contributed by atoms with E-state index in [1.807, 2.05) is 18.2 Å². The van der Waals surface area contributed by atoms with E-state index in [4.69, 9.17) is 0 Å². The Hall–Kier alpha value is -2.76. The summed E-state index contributed by atoms with van der Waals surface area (Å²) in [4.78, 5) is 39.1. The van der Waals surface area contributed by atoms with Crippen LogP contribution in [-0.4, -0.2) is 55.7 Å². The summed E-state index contributed by atoms with van der Waals surface area (Å²) in [5.74, 6) is 0.0669. The highest BCUT2D eigenvalue weighted by molar-refractivity contribution is 5.93. The second-order valence-corrected chi connectivity index (χ2v) is 9.23. The highest BCUT2D eigenvalue weighted by Crippen LogP contribution is 2.56. The van der Waals surface area contributed by atoms with Gasteiger partial charge in [0.1, 0.15) is 5.69 Å². The Morgan fingerprint density at radius 2 is 1.83 bits per heavy atom. The molecule has 0 N–H and O–H groups in total. The second kappa shape index (κ2) is 7.18. The Bertz CT molecular complexity index is 950. The summed E-state index contributed by atoms with van der Waals surface area (Å²) in [5, 5.41) is 0. The lowest BCUT2D eigenvalue weighted by molar-refractivity contribution is -0.142. The van der Waals surface area contributed by atoms with Gasteiger partial charge in [0.15, 0.2) is 0 Å². The SMILES string of the molecule is CC(=O)N1[C@@H](Cc2ccccc2)[C@@H]2C[C@@]3(C)[C@H](CCC[C@@H]13)N2C(=O)c1cnccn1. The number of aromatic nitrogens is 2. The topological polar surface area (TPSA) is 66.4 Å². The molecule has 6 nitrogen and oxygen atoms in total. The molecule has 5 atom stereocenters. The first kappa shape index (κ1) is 19.2. The number of piperidine rings is 1. The predicted molar refractivity (Wildman–Crippen MR) is 113 cm³/mol. The smallest absolute Gasteiger partial charge is 0.274 e. The Morgan fingerprint density at radius 3 is 2.50 bits per heavy atom. The molecule has 3 aliphatic rings. The van der Waals surface area contributed by atoms with E-state index in [0.717, 1.165) is 32.1 Å². The molecule has 5 rings (SSSR count). The van der Waals surface area contributed by atoms with Crippen LogP contribution in [0.2, 0.25) is 0 Å². The average Bonchev–Trinajstić information content (AvgIpc) is 3.07. The normalized spacial score (nSPS) is 32.2. The third-order valence-corrected chi connectivity index (χ3v) is 7.62. The number of benzene rings is 1. The molecule has 1 aromatic heterocycles. The largest absolute Gasteiger partial charge is 0.334 e. The van der Waals surface area contributed by atoms with E-state index in [-0.39, 0.29) is 41.4 Å². The molecule has 3 heterocycles. The van der Waals surface area contributed by atoms with Crippen molar-refractivity contribution in [1.82, 2.24) is 19.8 Å². The van der Waals surface area contributed by atoms with Crippen LogP contribution in [0.15, 0.2) is 48.9 Å². The van der Waals surface area contributed by atoms with Crippen LogP contribution in [-0.2, 0) is 11.2 Å². The van der Waals surface area contributed by atoms with Gasteiger partial charge in [-0.2, -0.15) is 0 Å². The lowest BCUT2D eigenvalue weighted by Crippen LogP contribution is -2.62. The zero-order valence-corrected chi connectivity index (χ0v) is 17.6. The molecular weight excluding hydrogens is 376 g/mol. The standard InChI is InChI=1S/C24H28N4O2/c1-16(29)27-19(13-17-7-4-3-5-8-17)20-14-24(2)21(27)9-6-10-22(24)28(20)23(30)18-15-25-11-12-26-18/h3-5,7-8,11-12,15,19-22H,6,9-10,13-14H2,1-2H3/t19-,20-,21+,22-,24+/m0/s1. The molecule has 1 aromatic carbocycles. The summed E-state index contributed by atoms with van der Waals surface area (Å²) in [5.41, 5.74) is 1.52. The van der Waals surface area contributed by atoms with Gasteiger partial charge >= 0.3 is 0 Å². The summed E-state index contributed by atoms with van der Waals surface area (Å²) in [6.45, 7) is 3.97. The molecule has 2 saturated heterocycles. The number of likely N-dealkylation sites (tertiary alicyclic amines) is 2. The molecule has 2 aliphatic heterocycles. The van der Waals surface area contributed by atoms with Crippen molar-refractivity contribution >= 4 is 11.8 Å². The second-order valence-electron chi connectivity index (χ2n) is 9.23. The molecule has 0 unspecified atom stereocenters. The lowest BCUT2D eigenvalue weighted by atomic mass is 9.64. The maximum absolute atomic E-state index is 13.6. The van der Waals surface area contributed by atoms with Crippen LogP contribution in [0.5, 0.6) is 0 Å². The molecule has 1 aliphatic carbocycles. The van der Waals surface area contributed by atoms with E-state index >= 15 is 0 Å². The first-order chi connectivity index (χ1) is 14.5. The first-order valence-corrected chi connectivity index (χ1v) is 10.9. The quantitative estimate of drug-likeness (QED) is 0.789. The summed E-state index contributed by atoms with van der Waals surface area (Å²) in [6.07, 6.45) is 9.45. The summed E-state index contributed by atoms with van der Waals surface area (Å²) < 4.78 is 0. The number of nitrogens with zero attached hydrogens (tertiary/aromatic N) is 4. The average molecular weight is 405 g/mol. The summed E-state index contributed by atoms with van der Waals surface area (Å²) in [6, 6.07) is 10.6. The van der Waals surface area contributed by atoms with Gasteiger partial charge in [0.05, 0.1) is 18.3 Å². The third kappa shape index (κ3) is 2.84. The lowest BCUT2D eigenvalue weighted by Gasteiger charge is -2.52. The Kier molecular flexibility index (Phi) is 4.60.